The highest BCUT2D eigenvalue weighted by Crippen LogP contribution is 2.19. The lowest BCUT2D eigenvalue weighted by Crippen LogP contribution is -2.11. The predicted octanol–water partition coefficient (Wildman–Crippen LogP) is 2.14. The average molecular weight is 199 g/mol. The number of hydrogen-bond acceptors (Lipinski definition) is 2. The van der Waals surface area contributed by atoms with Gasteiger partial charge in [0.1, 0.15) is 5.84 Å². The Bertz CT molecular complexity index is 544. The second kappa shape index (κ2) is 3.35. The number of nitrogens with one attached hydrogen (secondary N) is 1. The molecule has 0 spiro atoms. The molecule has 15 heavy (non-hydrogen) atoms. The van der Waals surface area contributed by atoms with Crippen molar-refractivity contribution in [2.24, 2.45) is 5.73 Å². The van der Waals surface area contributed by atoms with Crippen LogP contribution in [0.25, 0.3) is 10.9 Å². The van der Waals surface area contributed by atoms with Gasteiger partial charge in [-0.2, -0.15) is 0 Å². The molecule has 0 unspecified atom stereocenters. The van der Waals surface area contributed by atoms with Crippen LogP contribution in [0.3, 0.4) is 0 Å². The Kier molecular flexibility index (Phi) is 2.15. The Hall–Kier alpha value is -1.90. The minimum absolute atomic E-state index is 0.0978. The topological polar surface area (TPSA) is 62.8 Å². The summed E-state index contributed by atoms with van der Waals surface area (Å²) in [5.41, 5.74) is 9.27. The molecule has 0 aliphatic carbocycles. The maximum Gasteiger partial charge on any atom is 0.122 e. The smallest absolute Gasteiger partial charge is 0.122 e. The Balaban J connectivity index is 2.78. The minimum Gasteiger partial charge on any atom is -0.384 e. The van der Waals surface area contributed by atoms with Crippen LogP contribution in [0.5, 0.6) is 0 Å². The van der Waals surface area contributed by atoms with E-state index in [0.29, 0.717) is 0 Å². The van der Waals surface area contributed by atoms with Gasteiger partial charge in [-0.1, -0.05) is 6.07 Å². The van der Waals surface area contributed by atoms with Crippen molar-refractivity contribution in [1.29, 1.82) is 5.41 Å². The van der Waals surface area contributed by atoms with Crippen molar-refractivity contribution in [3.63, 3.8) is 0 Å². The number of fused-ring (bicyclic) bond motifs is 1. The van der Waals surface area contributed by atoms with Crippen molar-refractivity contribution in [1.82, 2.24) is 4.98 Å². The van der Waals surface area contributed by atoms with E-state index in [4.69, 9.17) is 11.1 Å². The average Bonchev–Trinajstić information content (AvgIpc) is 2.18. The van der Waals surface area contributed by atoms with E-state index in [0.717, 1.165) is 27.7 Å². The number of amidine groups is 1. The summed E-state index contributed by atoms with van der Waals surface area (Å²) < 4.78 is 0. The second-order valence-electron chi connectivity index (χ2n) is 3.73. The highest BCUT2D eigenvalue weighted by Gasteiger charge is 2.04. The lowest BCUT2D eigenvalue weighted by molar-refractivity contribution is 1.24. The van der Waals surface area contributed by atoms with Gasteiger partial charge in [0.25, 0.3) is 0 Å². The Morgan fingerprint density at radius 3 is 2.67 bits per heavy atom. The number of nitrogen functional groups attached to an aromatic ring is 1. The molecule has 3 heteroatoms. The maximum atomic E-state index is 7.41. The van der Waals surface area contributed by atoms with Gasteiger partial charge in [0.2, 0.25) is 0 Å². The number of aromatic nitrogens is 1. The number of nitrogens with zero attached hydrogens (tertiary/aromatic N) is 1. The van der Waals surface area contributed by atoms with Crippen LogP contribution in [0.15, 0.2) is 24.3 Å². The van der Waals surface area contributed by atoms with E-state index in [1.165, 1.54) is 0 Å². The predicted molar refractivity (Wildman–Crippen MR) is 62.2 cm³/mol. The highest BCUT2D eigenvalue weighted by molar-refractivity contribution is 5.99. The summed E-state index contributed by atoms with van der Waals surface area (Å²) in [7, 11) is 0. The quantitative estimate of drug-likeness (QED) is 0.546. The van der Waals surface area contributed by atoms with Crippen molar-refractivity contribution in [2.45, 2.75) is 13.8 Å². The van der Waals surface area contributed by atoms with Crippen LogP contribution in [0.1, 0.15) is 16.8 Å². The molecule has 76 valence electrons. The first-order valence-corrected chi connectivity index (χ1v) is 4.80. The van der Waals surface area contributed by atoms with Gasteiger partial charge in [0, 0.05) is 16.6 Å². The van der Waals surface area contributed by atoms with Crippen LogP contribution in [0, 0.1) is 19.3 Å². The van der Waals surface area contributed by atoms with E-state index in [9.17, 15) is 0 Å². The highest BCUT2D eigenvalue weighted by atomic mass is 14.7. The summed E-state index contributed by atoms with van der Waals surface area (Å²) in [6, 6.07) is 7.77. The molecule has 2 aromatic rings. The molecule has 1 aromatic heterocycles. The van der Waals surface area contributed by atoms with Gasteiger partial charge >= 0.3 is 0 Å². The standard InChI is InChI=1S/C12H13N3/c1-7-5-10(12(13)14)6-9-4-3-8(2)15-11(7)9/h3-6H,1-2H3,(H3,13,14). The zero-order valence-electron chi connectivity index (χ0n) is 8.83. The first-order valence-electron chi connectivity index (χ1n) is 4.80. The number of nitrogens with two attached hydrogens (primary N) is 1. The van der Waals surface area contributed by atoms with Crippen molar-refractivity contribution >= 4 is 16.7 Å². The van der Waals surface area contributed by atoms with Crippen LogP contribution in [0.2, 0.25) is 0 Å². The van der Waals surface area contributed by atoms with Gasteiger partial charge in [0.15, 0.2) is 0 Å². The van der Waals surface area contributed by atoms with E-state index < -0.39 is 0 Å². The molecule has 0 bridgehead atoms. The molecule has 0 aliphatic rings. The van der Waals surface area contributed by atoms with Gasteiger partial charge in [-0.05, 0) is 37.6 Å². The molecular formula is C12H13N3. The lowest BCUT2D eigenvalue weighted by Gasteiger charge is -2.06. The minimum atomic E-state index is 0.0978. The van der Waals surface area contributed by atoms with E-state index in [-0.39, 0.29) is 5.84 Å². The van der Waals surface area contributed by atoms with Gasteiger partial charge in [-0.25, -0.2) is 0 Å². The molecule has 0 radical (unpaired) electrons. The van der Waals surface area contributed by atoms with Crippen LogP contribution < -0.4 is 5.73 Å². The molecule has 2 rings (SSSR count). The molecule has 0 saturated carbocycles. The van der Waals surface area contributed by atoms with Crippen LogP contribution in [-0.2, 0) is 0 Å². The van der Waals surface area contributed by atoms with E-state index in [1.807, 2.05) is 38.1 Å². The molecule has 0 saturated heterocycles. The molecule has 0 atom stereocenters. The Morgan fingerprint density at radius 2 is 2.00 bits per heavy atom. The summed E-state index contributed by atoms with van der Waals surface area (Å²) in [6.45, 7) is 3.96. The third-order valence-corrected chi connectivity index (χ3v) is 2.43. The number of rotatable bonds is 1. The molecule has 0 amide bonds. The number of aryl methyl sites for hydroxylation is 2. The van der Waals surface area contributed by atoms with Crippen molar-refractivity contribution < 1.29 is 0 Å². The molecule has 3 nitrogen and oxygen atoms in total. The number of benzene rings is 1. The Labute approximate surface area is 88.5 Å². The largest absolute Gasteiger partial charge is 0.384 e. The fourth-order valence-electron chi connectivity index (χ4n) is 1.67. The summed E-state index contributed by atoms with van der Waals surface area (Å²) >= 11 is 0. The zero-order valence-corrected chi connectivity index (χ0v) is 8.83. The molecule has 1 aromatic carbocycles. The zero-order chi connectivity index (χ0) is 11.0. The van der Waals surface area contributed by atoms with Crippen molar-refractivity contribution in [3.8, 4) is 0 Å². The van der Waals surface area contributed by atoms with Crippen LogP contribution in [-0.4, -0.2) is 10.8 Å². The van der Waals surface area contributed by atoms with Crippen molar-refractivity contribution in [2.75, 3.05) is 0 Å². The van der Waals surface area contributed by atoms with Gasteiger partial charge in [-0.15, -0.1) is 0 Å². The second-order valence-corrected chi connectivity index (χ2v) is 3.73. The van der Waals surface area contributed by atoms with E-state index in [1.54, 1.807) is 0 Å². The summed E-state index contributed by atoms with van der Waals surface area (Å²) in [5, 5.41) is 8.44. The maximum absolute atomic E-state index is 7.41. The van der Waals surface area contributed by atoms with Gasteiger partial charge < -0.3 is 5.73 Å². The summed E-state index contributed by atoms with van der Waals surface area (Å²) in [4.78, 5) is 4.46. The van der Waals surface area contributed by atoms with E-state index >= 15 is 0 Å². The SMILES string of the molecule is Cc1ccc2cc(C(=N)N)cc(C)c2n1. The number of pyridine rings is 1. The van der Waals surface area contributed by atoms with Crippen LogP contribution in [0.4, 0.5) is 0 Å². The first-order chi connectivity index (χ1) is 7.08. The van der Waals surface area contributed by atoms with Gasteiger partial charge in [0.05, 0.1) is 5.52 Å². The third kappa shape index (κ3) is 1.68. The lowest BCUT2D eigenvalue weighted by atomic mass is 10.1. The molecule has 0 aliphatic heterocycles. The first kappa shape index (κ1) is 9.65. The molecule has 1 heterocycles. The Morgan fingerprint density at radius 1 is 1.27 bits per heavy atom. The van der Waals surface area contributed by atoms with Crippen LogP contribution >= 0.6 is 0 Å². The summed E-state index contributed by atoms with van der Waals surface area (Å²) in [5.74, 6) is 0.0978. The van der Waals surface area contributed by atoms with Crippen molar-refractivity contribution in [3.05, 3.63) is 41.1 Å². The molecule has 0 fully saturated rings. The summed E-state index contributed by atoms with van der Waals surface area (Å²) in [6.07, 6.45) is 0. The molecule has 3 N–H and O–H groups in total. The third-order valence-electron chi connectivity index (χ3n) is 2.43. The monoisotopic (exact) mass is 199 g/mol. The fourth-order valence-corrected chi connectivity index (χ4v) is 1.67. The fraction of sp³-hybridized carbons (Fsp3) is 0.167. The number of hydrogen-bond donors (Lipinski definition) is 2. The van der Waals surface area contributed by atoms with Gasteiger partial charge in [-0.3, -0.25) is 10.4 Å². The van der Waals surface area contributed by atoms with E-state index in [2.05, 4.69) is 4.98 Å². The normalized spacial score (nSPS) is 10.5. The molecular weight excluding hydrogens is 186 g/mol.